The van der Waals surface area contributed by atoms with Gasteiger partial charge in [0.2, 0.25) is 0 Å². The minimum Gasteiger partial charge on any atom is -0.297 e. The van der Waals surface area contributed by atoms with Gasteiger partial charge in [0.05, 0.1) is 11.2 Å². The molecule has 0 amide bonds. The lowest BCUT2D eigenvalue weighted by atomic mass is 10.2. The third-order valence-electron chi connectivity index (χ3n) is 2.36. The van der Waals surface area contributed by atoms with Gasteiger partial charge in [-0.05, 0) is 25.5 Å². The number of rotatable bonds is 1. The van der Waals surface area contributed by atoms with Gasteiger partial charge in [0.25, 0.3) is 0 Å². The lowest BCUT2D eigenvalue weighted by molar-refractivity contribution is 0.100. The highest BCUT2D eigenvalue weighted by molar-refractivity contribution is 5.92. The van der Waals surface area contributed by atoms with Crippen LogP contribution in [-0.4, -0.2) is 15.2 Å². The first kappa shape index (κ1) is 8.94. The normalized spacial score (nSPS) is 10.8. The highest BCUT2D eigenvalue weighted by Crippen LogP contribution is 2.16. The molecule has 2 heterocycles. The number of carbonyl (C=O) groups is 1. The standard InChI is InChI=1S/C11H12N2O/c1-7-5-4-6-13-10(7)8(2)12-11(13)9(3)14/h4-6H,1-3H3. The predicted molar refractivity (Wildman–Crippen MR) is 54.7 cm³/mol. The second-order valence-corrected chi connectivity index (χ2v) is 3.49. The van der Waals surface area contributed by atoms with E-state index in [1.807, 2.05) is 36.6 Å². The summed E-state index contributed by atoms with van der Waals surface area (Å²) < 4.78 is 1.85. The van der Waals surface area contributed by atoms with E-state index in [9.17, 15) is 4.79 Å². The van der Waals surface area contributed by atoms with E-state index in [1.54, 1.807) is 0 Å². The van der Waals surface area contributed by atoms with Crippen LogP contribution < -0.4 is 0 Å². The minimum atomic E-state index is -0.00120. The molecule has 0 N–H and O–H groups in total. The van der Waals surface area contributed by atoms with Crippen LogP contribution in [0.4, 0.5) is 0 Å². The molecule has 2 rings (SSSR count). The number of carbonyl (C=O) groups excluding carboxylic acids is 1. The number of fused-ring (bicyclic) bond motifs is 1. The number of imidazole rings is 1. The molecule has 0 spiro atoms. The van der Waals surface area contributed by atoms with E-state index in [-0.39, 0.29) is 5.78 Å². The summed E-state index contributed by atoms with van der Waals surface area (Å²) in [5, 5.41) is 0. The van der Waals surface area contributed by atoms with Crippen molar-refractivity contribution in [1.29, 1.82) is 0 Å². The molecule has 2 aromatic heterocycles. The van der Waals surface area contributed by atoms with E-state index in [1.165, 1.54) is 6.92 Å². The van der Waals surface area contributed by atoms with E-state index >= 15 is 0 Å². The molecule has 0 radical (unpaired) electrons. The molecule has 0 aliphatic rings. The molecular weight excluding hydrogens is 176 g/mol. The Hall–Kier alpha value is -1.64. The van der Waals surface area contributed by atoms with Crippen molar-refractivity contribution in [2.24, 2.45) is 0 Å². The van der Waals surface area contributed by atoms with Crippen molar-refractivity contribution in [3.05, 3.63) is 35.4 Å². The summed E-state index contributed by atoms with van der Waals surface area (Å²) in [6, 6.07) is 3.95. The summed E-state index contributed by atoms with van der Waals surface area (Å²) >= 11 is 0. The maximum absolute atomic E-state index is 11.3. The zero-order valence-corrected chi connectivity index (χ0v) is 8.53. The van der Waals surface area contributed by atoms with E-state index in [0.29, 0.717) is 5.82 Å². The van der Waals surface area contributed by atoms with Crippen molar-refractivity contribution in [2.75, 3.05) is 0 Å². The van der Waals surface area contributed by atoms with Gasteiger partial charge < -0.3 is 0 Å². The lowest BCUT2D eigenvalue weighted by Gasteiger charge is -1.99. The molecule has 0 aliphatic carbocycles. The van der Waals surface area contributed by atoms with Crippen molar-refractivity contribution in [3.8, 4) is 0 Å². The SMILES string of the molecule is CC(=O)c1nc(C)c2c(C)cccn12. The molecule has 3 nitrogen and oxygen atoms in total. The Morgan fingerprint density at radius 3 is 2.79 bits per heavy atom. The van der Waals surface area contributed by atoms with E-state index in [2.05, 4.69) is 4.98 Å². The monoisotopic (exact) mass is 188 g/mol. The van der Waals surface area contributed by atoms with Crippen LogP contribution in [0.5, 0.6) is 0 Å². The Morgan fingerprint density at radius 1 is 1.43 bits per heavy atom. The molecule has 0 aliphatic heterocycles. The van der Waals surface area contributed by atoms with Crippen molar-refractivity contribution < 1.29 is 4.79 Å². The second kappa shape index (κ2) is 2.94. The summed E-state index contributed by atoms with van der Waals surface area (Å²) in [7, 11) is 0. The van der Waals surface area contributed by atoms with Gasteiger partial charge in [-0.25, -0.2) is 4.98 Å². The first-order valence-electron chi connectivity index (χ1n) is 4.56. The van der Waals surface area contributed by atoms with Gasteiger partial charge in [-0.2, -0.15) is 0 Å². The molecule has 0 unspecified atom stereocenters. The number of pyridine rings is 1. The fourth-order valence-electron chi connectivity index (χ4n) is 1.77. The average Bonchev–Trinajstić information content (AvgIpc) is 2.45. The molecule has 2 aromatic rings. The summed E-state index contributed by atoms with van der Waals surface area (Å²) in [4.78, 5) is 15.6. The average molecular weight is 188 g/mol. The highest BCUT2D eigenvalue weighted by Gasteiger charge is 2.12. The Kier molecular flexibility index (Phi) is 1.88. The van der Waals surface area contributed by atoms with Crippen LogP contribution in [0.2, 0.25) is 0 Å². The summed E-state index contributed by atoms with van der Waals surface area (Å²) in [5.74, 6) is 0.514. The number of aromatic nitrogens is 2. The zero-order valence-electron chi connectivity index (χ0n) is 8.53. The molecule has 0 bridgehead atoms. The van der Waals surface area contributed by atoms with E-state index < -0.39 is 0 Å². The molecule has 0 saturated heterocycles. The highest BCUT2D eigenvalue weighted by atomic mass is 16.1. The van der Waals surface area contributed by atoms with E-state index in [4.69, 9.17) is 0 Å². The smallest absolute Gasteiger partial charge is 0.195 e. The van der Waals surface area contributed by atoms with Crippen LogP contribution in [0.15, 0.2) is 18.3 Å². The number of ketones is 1. The molecule has 14 heavy (non-hydrogen) atoms. The van der Waals surface area contributed by atoms with Crippen molar-refractivity contribution in [2.45, 2.75) is 20.8 Å². The lowest BCUT2D eigenvalue weighted by Crippen LogP contribution is -2.00. The molecule has 0 saturated carbocycles. The van der Waals surface area contributed by atoms with Crippen LogP contribution in [0.1, 0.15) is 28.8 Å². The largest absolute Gasteiger partial charge is 0.297 e. The summed E-state index contributed by atoms with van der Waals surface area (Å²) in [5.41, 5.74) is 3.09. The number of hydrogen-bond donors (Lipinski definition) is 0. The topological polar surface area (TPSA) is 34.4 Å². The third-order valence-corrected chi connectivity index (χ3v) is 2.36. The number of aryl methyl sites for hydroxylation is 2. The van der Waals surface area contributed by atoms with Crippen LogP contribution in [0.3, 0.4) is 0 Å². The van der Waals surface area contributed by atoms with Gasteiger partial charge in [-0.1, -0.05) is 6.07 Å². The molecule has 3 heteroatoms. The van der Waals surface area contributed by atoms with Crippen LogP contribution in [0.25, 0.3) is 5.52 Å². The Morgan fingerprint density at radius 2 is 2.14 bits per heavy atom. The Labute approximate surface area is 82.4 Å². The summed E-state index contributed by atoms with van der Waals surface area (Å²) in [6.45, 7) is 5.49. The van der Waals surface area contributed by atoms with Crippen LogP contribution in [-0.2, 0) is 0 Å². The first-order chi connectivity index (χ1) is 6.61. The third kappa shape index (κ3) is 1.13. The maximum atomic E-state index is 11.3. The van der Waals surface area contributed by atoms with E-state index in [0.717, 1.165) is 16.8 Å². The predicted octanol–water partition coefficient (Wildman–Crippen LogP) is 2.15. The number of Topliss-reactive ketones (excluding diaryl/α,β-unsaturated/α-hetero) is 1. The maximum Gasteiger partial charge on any atom is 0.195 e. The molecule has 0 atom stereocenters. The number of hydrogen-bond acceptors (Lipinski definition) is 2. The fraction of sp³-hybridized carbons (Fsp3) is 0.273. The van der Waals surface area contributed by atoms with Gasteiger partial charge in [-0.15, -0.1) is 0 Å². The first-order valence-corrected chi connectivity index (χ1v) is 4.56. The quantitative estimate of drug-likeness (QED) is 0.642. The zero-order chi connectivity index (χ0) is 10.3. The summed E-state index contributed by atoms with van der Waals surface area (Å²) in [6.07, 6.45) is 1.87. The van der Waals surface area contributed by atoms with Crippen LogP contribution >= 0.6 is 0 Å². The van der Waals surface area contributed by atoms with Gasteiger partial charge >= 0.3 is 0 Å². The van der Waals surface area contributed by atoms with Gasteiger partial charge in [-0.3, -0.25) is 9.20 Å². The molecular formula is C11H12N2O. The molecule has 0 aromatic carbocycles. The van der Waals surface area contributed by atoms with Gasteiger partial charge in [0.1, 0.15) is 0 Å². The van der Waals surface area contributed by atoms with Crippen molar-refractivity contribution >= 4 is 11.3 Å². The van der Waals surface area contributed by atoms with Crippen molar-refractivity contribution in [1.82, 2.24) is 9.38 Å². The minimum absolute atomic E-state index is 0.00120. The number of nitrogens with zero attached hydrogens (tertiary/aromatic N) is 2. The Bertz CT molecular complexity index is 511. The van der Waals surface area contributed by atoms with Crippen molar-refractivity contribution in [3.63, 3.8) is 0 Å². The fourth-order valence-corrected chi connectivity index (χ4v) is 1.77. The van der Waals surface area contributed by atoms with Crippen LogP contribution in [0, 0.1) is 13.8 Å². The molecule has 72 valence electrons. The van der Waals surface area contributed by atoms with Gasteiger partial charge in [0.15, 0.2) is 11.6 Å². The second-order valence-electron chi connectivity index (χ2n) is 3.49. The molecule has 0 fully saturated rings. The van der Waals surface area contributed by atoms with Gasteiger partial charge in [0, 0.05) is 13.1 Å². The Balaban J connectivity index is 2.91.